The van der Waals surface area contributed by atoms with Gasteiger partial charge in [0.25, 0.3) is 0 Å². The van der Waals surface area contributed by atoms with Crippen molar-refractivity contribution in [2.24, 2.45) is 5.92 Å². The molecular formula is C12H18ClNO. The predicted octanol–water partition coefficient (Wildman–Crippen LogP) is 3.69. The zero-order chi connectivity index (χ0) is 11.3. The van der Waals surface area contributed by atoms with Crippen LogP contribution in [0.25, 0.3) is 0 Å². The van der Waals surface area contributed by atoms with Crippen molar-refractivity contribution in [2.75, 3.05) is 0 Å². The Balaban J connectivity index is 2.36. The average Bonchev–Trinajstić information content (AvgIpc) is 2.14. The smallest absolute Gasteiger partial charge is 0.129 e. The summed E-state index contributed by atoms with van der Waals surface area (Å²) >= 11 is 5.78. The first-order valence-electron chi connectivity index (χ1n) is 5.31. The van der Waals surface area contributed by atoms with Crippen molar-refractivity contribution < 1.29 is 4.74 Å². The quantitative estimate of drug-likeness (QED) is 0.716. The zero-order valence-electron chi connectivity index (χ0n) is 9.53. The van der Waals surface area contributed by atoms with Crippen LogP contribution in [0.15, 0.2) is 18.2 Å². The maximum absolute atomic E-state index is 5.78. The van der Waals surface area contributed by atoms with E-state index in [1.807, 2.05) is 12.1 Å². The highest BCUT2D eigenvalue weighted by atomic mass is 35.5. The number of hydrogen-bond donors (Lipinski definition) is 0. The van der Waals surface area contributed by atoms with Crippen LogP contribution in [0.3, 0.4) is 0 Å². The van der Waals surface area contributed by atoms with Crippen LogP contribution in [-0.2, 0) is 11.3 Å². The topological polar surface area (TPSA) is 22.1 Å². The molecule has 0 saturated heterocycles. The Morgan fingerprint density at radius 1 is 1.33 bits per heavy atom. The first-order chi connectivity index (χ1) is 7.08. The molecular weight excluding hydrogens is 210 g/mol. The van der Waals surface area contributed by atoms with Crippen molar-refractivity contribution in [1.82, 2.24) is 4.98 Å². The van der Waals surface area contributed by atoms with Gasteiger partial charge in [-0.2, -0.15) is 0 Å². The first kappa shape index (κ1) is 12.5. The Kier molecular flexibility index (Phi) is 5.06. The van der Waals surface area contributed by atoms with Gasteiger partial charge in [0.2, 0.25) is 0 Å². The molecule has 15 heavy (non-hydrogen) atoms. The SMILES string of the molecule is CC(C)CC(C)OCc1cccc(Cl)n1. The molecule has 0 bridgehead atoms. The van der Waals surface area contributed by atoms with Crippen LogP contribution >= 0.6 is 11.6 Å². The van der Waals surface area contributed by atoms with E-state index in [1.54, 1.807) is 6.07 Å². The van der Waals surface area contributed by atoms with Crippen LogP contribution in [0.1, 0.15) is 32.9 Å². The van der Waals surface area contributed by atoms with Gasteiger partial charge in [-0.1, -0.05) is 31.5 Å². The minimum atomic E-state index is 0.269. The summed E-state index contributed by atoms with van der Waals surface area (Å²) in [7, 11) is 0. The van der Waals surface area contributed by atoms with E-state index < -0.39 is 0 Å². The van der Waals surface area contributed by atoms with Crippen molar-refractivity contribution in [1.29, 1.82) is 0 Å². The summed E-state index contributed by atoms with van der Waals surface area (Å²) in [5.41, 5.74) is 0.887. The van der Waals surface area contributed by atoms with E-state index >= 15 is 0 Å². The van der Waals surface area contributed by atoms with Crippen molar-refractivity contribution in [3.63, 3.8) is 0 Å². The number of ether oxygens (including phenoxy) is 1. The molecule has 1 aromatic rings. The molecule has 0 radical (unpaired) electrons. The first-order valence-corrected chi connectivity index (χ1v) is 5.68. The second-order valence-corrected chi connectivity index (χ2v) is 4.59. The number of nitrogens with zero attached hydrogens (tertiary/aromatic N) is 1. The van der Waals surface area contributed by atoms with Crippen LogP contribution in [0.2, 0.25) is 5.15 Å². The summed E-state index contributed by atoms with van der Waals surface area (Å²) in [5.74, 6) is 0.660. The Labute approximate surface area is 96.6 Å². The molecule has 1 rings (SSSR count). The summed E-state index contributed by atoms with van der Waals surface area (Å²) in [6.45, 7) is 7.01. The Morgan fingerprint density at radius 2 is 2.07 bits per heavy atom. The van der Waals surface area contributed by atoms with Gasteiger partial charge in [-0.25, -0.2) is 4.98 Å². The van der Waals surface area contributed by atoms with Gasteiger partial charge >= 0.3 is 0 Å². The van der Waals surface area contributed by atoms with Gasteiger partial charge < -0.3 is 4.74 Å². The molecule has 0 fully saturated rings. The summed E-state index contributed by atoms with van der Waals surface area (Å²) in [4.78, 5) is 4.16. The Hall–Kier alpha value is -0.600. The molecule has 1 heterocycles. The highest BCUT2D eigenvalue weighted by molar-refractivity contribution is 6.29. The van der Waals surface area contributed by atoms with E-state index in [1.165, 1.54) is 0 Å². The zero-order valence-corrected chi connectivity index (χ0v) is 10.3. The molecule has 1 atom stereocenters. The largest absolute Gasteiger partial charge is 0.372 e. The standard InChI is InChI=1S/C12H18ClNO/c1-9(2)7-10(3)15-8-11-5-4-6-12(13)14-11/h4-6,9-10H,7-8H2,1-3H3. The van der Waals surface area contributed by atoms with Crippen molar-refractivity contribution in [2.45, 2.75) is 39.9 Å². The monoisotopic (exact) mass is 227 g/mol. The van der Waals surface area contributed by atoms with Gasteiger partial charge in [0.1, 0.15) is 5.15 Å². The Bertz CT molecular complexity index is 301. The predicted molar refractivity (Wildman–Crippen MR) is 63.0 cm³/mol. The number of halogens is 1. The number of pyridine rings is 1. The second kappa shape index (κ2) is 6.09. The van der Waals surface area contributed by atoms with Crippen LogP contribution in [0.5, 0.6) is 0 Å². The van der Waals surface area contributed by atoms with Crippen LogP contribution in [0.4, 0.5) is 0 Å². The van der Waals surface area contributed by atoms with Gasteiger partial charge in [-0.05, 0) is 31.4 Å². The minimum Gasteiger partial charge on any atom is -0.372 e. The third-order valence-corrected chi connectivity index (χ3v) is 2.30. The van der Waals surface area contributed by atoms with E-state index in [2.05, 4.69) is 25.8 Å². The van der Waals surface area contributed by atoms with Crippen molar-refractivity contribution >= 4 is 11.6 Å². The van der Waals surface area contributed by atoms with Gasteiger partial charge in [0, 0.05) is 0 Å². The van der Waals surface area contributed by atoms with Gasteiger partial charge in [-0.3, -0.25) is 0 Å². The molecule has 1 unspecified atom stereocenters. The molecule has 0 aromatic carbocycles. The van der Waals surface area contributed by atoms with Gasteiger partial charge in [0.15, 0.2) is 0 Å². The normalized spacial score (nSPS) is 13.1. The van der Waals surface area contributed by atoms with E-state index in [0.29, 0.717) is 17.7 Å². The highest BCUT2D eigenvalue weighted by Gasteiger charge is 2.05. The van der Waals surface area contributed by atoms with Crippen molar-refractivity contribution in [3.8, 4) is 0 Å². The average molecular weight is 228 g/mol. The van der Waals surface area contributed by atoms with Gasteiger partial charge in [0.05, 0.1) is 18.4 Å². The summed E-state index contributed by atoms with van der Waals surface area (Å²) in [6.07, 6.45) is 1.34. The molecule has 0 spiro atoms. The van der Waals surface area contributed by atoms with Crippen LogP contribution < -0.4 is 0 Å². The molecule has 2 nitrogen and oxygen atoms in total. The number of rotatable bonds is 5. The molecule has 3 heteroatoms. The second-order valence-electron chi connectivity index (χ2n) is 4.20. The highest BCUT2D eigenvalue weighted by Crippen LogP contribution is 2.11. The number of hydrogen-bond acceptors (Lipinski definition) is 2. The van der Waals surface area contributed by atoms with E-state index in [-0.39, 0.29) is 6.10 Å². The van der Waals surface area contributed by atoms with Crippen LogP contribution in [0, 0.1) is 5.92 Å². The summed E-state index contributed by atoms with van der Waals surface area (Å²) in [6, 6.07) is 5.58. The minimum absolute atomic E-state index is 0.269. The molecule has 0 saturated carbocycles. The fraction of sp³-hybridized carbons (Fsp3) is 0.583. The molecule has 0 aliphatic rings. The molecule has 0 aliphatic carbocycles. The lowest BCUT2D eigenvalue weighted by molar-refractivity contribution is 0.0379. The van der Waals surface area contributed by atoms with Gasteiger partial charge in [-0.15, -0.1) is 0 Å². The van der Waals surface area contributed by atoms with E-state index in [4.69, 9.17) is 16.3 Å². The fourth-order valence-electron chi connectivity index (χ4n) is 1.49. The van der Waals surface area contributed by atoms with Crippen LogP contribution in [-0.4, -0.2) is 11.1 Å². The molecule has 0 amide bonds. The molecule has 1 aromatic heterocycles. The number of aromatic nitrogens is 1. The third kappa shape index (κ3) is 5.14. The maximum Gasteiger partial charge on any atom is 0.129 e. The Morgan fingerprint density at radius 3 is 2.67 bits per heavy atom. The van der Waals surface area contributed by atoms with E-state index in [0.717, 1.165) is 12.1 Å². The lowest BCUT2D eigenvalue weighted by Crippen LogP contribution is -2.11. The lowest BCUT2D eigenvalue weighted by Gasteiger charge is -2.14. The lowest BCUT2D eigenvalue weighted by atomic mass is 10.1. The maximum atomic E-state index is 5.78. The summed E-state index contributed by atoms with van der Waals surface area (Å²) in [5, 5.41) is 0.521. The molecule has 0 aliphatic heterocycles. The summed E-state index contributed by atoms with van der Waals surface area (Å²) < 4.78 is 5.67. The van der Waals surface area contributed by atoms with Crippen molar-refractivity contribution in [3.05, 3.63) is 29.0 Å². The van der Waals surface area contributed by atoms with E-state index in [9.17, 15) is 0 Å². The third-order valence-electron chi connectivity index (χ3n) is 2.09. The molecule has 0 N–H and O–H groups in total. The fourth-order valence-corrected chi connectivity index (χ4v) is 1.67. The molecule has 84 valence electrons.